The number of hydrogen-bond donors (Lipinski definition) is 0. The van der Waals surface area contributed by atoms with Crippen LogP contribution in [-0.4, -0.2) is 9.13 Å². The fourth-order valence-corrected chi connectivity index (χ4v) is 21.9. The Balaban J connectivity index is 0.576. The van der Waals surface area contributed by atoms with E-state index in [1.165, 1.54) is 127 Å². The molecule has 23 aromatic rings. The van der Waals surface area contributed by atoms with Crippen LogP contribution in [0.15, 0.2) is 510 Å². The zero-order valence-electron chi connectivity index (χ0n) is 71.3. The molecule has 0 bridgehead atoms. The molecule has 4 heteroatoms. The highest BCUT2D eigenvalue weighted by molar-refractivity contribution is 6.13. The molecule has 2 heterocycles. The third-order valence-corrected chi connectivity index (χ3v) is 27.6. The van der Waals surface area contributed by atoms with E-state index >= 15 is 0 Å². The highest BCUT2D eigenvalue weighted by Crippen LogP contribution is 2.62. The molecular formula is C126H84N4. The predicted octanol–water partition coefficient (Wildman–Crippen LogP) is 33.0. The van der Waals surface area contributed by atoms with Crippen molar-refractivity contribution in [1.29, 1.82) is 0 Å². The van der Waals surface area contributed by atoms with Crippen LogP contribution in [0.3, 0.4) is 0 Å². The maximum atomic E-state index is 2.50. The van der Waals surface area contributed by atoms with E-state index < -0.39 is 10.8 Å². The largest absolute Gasteiger partial charge is 0.310 e. The lowest BCUT2D eigenvalue weighted by molar-refractivity contribution is 0.768. The maximum Gasteiger partial charge on any atom is 0.0714 e. The molecule has 0 atom stereocenters. The van der Waals surface area contributed by atoms with Crippen molar-refractivity contribution in [3.8, 4) is 89.3 Å². The molecule has 0 amide bonds. The molecule has 2 aromatic heterocycles. The van der Waals surface area contributed by atoms with Gasteiger partial charge in [-0.2, -0.15) is 0 Å². The smallest absolute Gasteiger partial charge is 0.0714 e. The Hall–Kier alpha value is -16.9. The van der Waals surface area contributed by atoms with Crippen LogP contribution >= 0.6 is 0 Å². The van der Waals surface area contributed by atoms with E-state index in [1.807, 2.05) is 0 Å². The summed E-state index contributed by atoms with van der Waals surface area (Å²) in [6.45, 7) is 0. The Morgan fingerprint density at radius 2 is 0.531 bits per heavy atom. The minimum absolute atomic E-state index is 0.555. The lowest BCUT2D eigenvalue weighted by Crippen LogP contribution is -2.28. The lowest BCUT2D eigenvalue weighted by atomic mass is 9.67. The Labute approximate surface area is 756 Å². The Bertz CT molecular complexity index is 8220. The van der Waals surface area contributed by atoms with E-state index in [9.17, 15) is 0 Å². The molecule has 21 aromatic carbocycles. The second-order valence-corrected chi connectivity index (χ2v) is 34.5. The number of anilines is 6. The van der Waals surface area contributed by atoms with E-state index in [-0.39, 0.29) is 0 Å². The summed E-state index contributed by atoms with van der Waals surface area (Å²) in [5.74, 6) is 0. The fourth-order valence-electron chi connectivity index (χ4n) is 21.9. The van der Waals surface area contributed by atoms with Gasteiger partial charge in [-0.25, -0.2) is 0 Å². The van der Waals surface area contributed by atoms with Crippen molar-refractivity contribution in [2.75, 3.05) is 9.80 Å². The van der Waals surface area contributed by atoms with Crippen LogP contribution in [0.25, 0.3) is 144 Å². The van der Waals surface area contributed by atoms with Crippen molar-refractivity contribution in [2.24, 2.45) is 0 Å². The van der Waals surface area contributed by atoms with Crippen LogP contribution in [0.2, 0.25) is 0 Å². The Kier molecular flexibility index (Phi) is 18.0. The quantitative estimate of drug-likeness (QED) is 0.0903. The highest BCUT2D eigenvalue weighted by Gasteiger charge is 2.49. The van der Waals surface area contributed by atoms with Gasteiger partial charge in [-0.15, -0.1) is 0 Å². The molecule has 0 fully saturated rings. The number of fused-ring (bicyclic) bond motifs is 13. The molecule has 25 rings (SSSR count). The van der Waals surface area contributed by atoms with Gasteiger partial charge in [0, 0.05) is 66.7 Å². The average Bonchev–Trinajstić information content (AvgIpc) is 1.52. The van der Waals surface area contributed by atoms with Gasteiger partial charge in [-0.05, 0) is 267 Å². The molecule has 0 saturated heterocycles. The monoisotopic (exact) mass is 1650 g/mol. The molecular weight excluding hydrogens is 1570 g/mol. The summed E-state index contributed by atoms with van der Waals surface area (Å²) in [5.41, 5.74) is 38.6. The molecule has 0 N–H and O–H groups in total. The second-order valence-electron chi connectivity index (χ2n) is 34.5. The van der Waals surface area contributed by atoms with Crippen molar-refractivity contribution in [2.45, 2.75) is 10.8 Å². The number of aromatic nitrogens is 2. The molecule has 0 spiro atoms. The summed E-state index contributed by atoms with van der Waals surface area (Å²) in [6.07, 6.45) is 0. The van der Waals surface area contributed by atoms with Gasteiger partial charge in [-0.3, -0.25) is 0 Å². The van der Waals surface area contributed by atoms with Gasteiger partial charge in [0.1, 0.15) is 0 Å². The van der Waals surface area contributed by atoms with E-state index in [0.29, 0.717) is 0 Å². The van der Waals surface area contributed by atoms with Gasteiger partial charge in [0.25, 0.3) is 0 Å². The first-order valence-corrected chi connectivity index (χ1v) is 45.0. The third kappa shape index (κ3) is 12.1. The van der Waals surface area contributed by atoms with Crippen LogP contribution in [-0.2, 0) is 10.8 Å². The van der Waals surface area contributed by atoms with Crippen LogP contribution in [0.4, 0.5) is 34.1 Å². The molecule has 0 aliphatic heterocycles. The van der Waals surface area contributed by atoms with E-state index in [1.54, 1.807) is 0 Å². The number of hydrogen-bond acceptors (Lipinski definition) is 2. The van der Waals surface area contributed by atoms with Crippen molar-refractivity contribution in [3.63, 3.8) is 0 Å². The van der Waals surface area contributed by atoms with Crippen LogP contribution in [0.5, 0.6) is 0 Å². The van der Waals surface area contributed by atoms with E-state index in [2.05, 4.69) is 529 Å². The minimum atomic E-state index is -0.710. The summed E-state index contributed by atoms with van der Waals surface area (Å²) in [5, 5.41) is 7.23. The normalized spacial score (nSPS) is 12.7. The molecule has 2 aliphatic carbocycles. The van der Waals surface area contributed by atoms with Crippen molar-refractivity contribution < 1.29 is 0 Å². The number of nitrogens with zero attached hydrogens (tertiary/aromatic N) is 4. The first-order chi connectivity index (χ1) is 64.5. The Morgan fingerprint density at radius 3 is 1.11 bits per heavy atom. The number of rotatable bonds is 17. The SMILES string of the molecule is c1ccc(N(c2ccc(-c3cccc(-c4ccc5c(c4)c4ccccc4n5-c4ccccc4)c3)cc2)c2ccc3c(c2)C(c2ccccc2)(c2ccccc2)c2cccc(-c4ccc5c6cc(-c7cccc(-c8ccc(N(c9ccc%10c(c9)C(c9ccccc9)(c9ccccc9)c9ccccc9-%10)c9cccc%10ccccc9%10)cc8)c7)ccc6n(-c6ccccc6)c5c4)c2-3)cc1. The minimum Gasteiger partial charge on any atom is -0.310 e. The van der Waals surface area contributed by atoms with Crippen LogP contribution in [0.1, 0.15) is 44.5 Å². The fraction of sp³-hybridized carbons (Fsp3) is 0.0159. The van der Waals surface area contributed by atoms with Gasteiger partial charge in [-0.1, -0.05) is 370 Å². The van der Waals surface area contributed by atoms with Crippen molar-refractivity contribution in [1.82, 2.24) is 9.13 Å². The van der Waals surface area contributed by atoms with Gasteiger partial charge in [0.05, 0.1) is 38.6 Å². The molecule has 608 valence electrons. The standard InChI is InChI=1S/C126H84N4/c1-8-38-95(39-9-1)125(96-40-10-2-11-41-96)115-56-26-24-53-108(115)109-74-71-105(84-117(109)125)128(119-59-30-33-87-32-22-23-52-106(87)119)103-69-62-86(63-70-103)89-35-29-37-91(79-89)93-66-77-122-114(81-93)111-73-64-94(82-123(111)130(122)101-50-20-7-21-51-101)107-55-31-57-116-124(107)112-75-72-104(83-118(112)126(116,97-42-12-3-13-43-97)98-44-14-4-15-45-98)127(99-46-16-5-17-47-99)102-67-60-85(61-68-102)88-34-28-36-90(78-88)92-65-76-121-113(80-92)110-54-25-27-58-120(110)129(121)100-48-18-6-19-49-100/h1-84H. The van der Waals surface area contributed by atoms with Crippen LogP contribution in [0, 0.1) is 0 Å². The predicted molar refractivity (Wildman–Crippen MR) is 544 cm³/mol. The van der Waals surface area contributed by atoms with Gasteiger partial charge in [0.2, 0.25) is 0 Å². The maximum absolute atomic E-state index is 2.50. The summed E-state index contributed by atoms with van der Waals surface area (Å²) < 4.78 is 4.85. The highest BCUT2D eigenvalue weighted by atomic mass is 15.1. The van der Waals surface area contributed by atoms with Gasteiger partial charge < -0.3 is 18.9 Å². The second kappa shape index (κ2) is 31.0. The third-order valence-electron chi connectivity index (χ3n) is 27.6. The van der Waals surface area contributed by atoms with E-state index in [4.69, 9.17) is 0 Å². The summed E-state index contributed by atoms with van der Waals surface area (Å²) in [6, 6.07) is 190. The summed E-state index contributed by atoms with van der Waals surface area (Å²) >= 11 is 0. The first-order valence-electron chi connectivity index (χ1n) is 45.0. The Morgan fingerprint density at radius 1 is 0.169 bits per heavy atom. The topological polar surface area (TPSA) is 16.3 Å². The molecule has 0 radical (unpaired) electrons. The molecule has 0 saturated carbocycles. The average molecular weight is 1650 g/mol. The van der Waals surface area contributed by atoms with E-state index in [0.717, 1.165) is 95.5 Å². The van der Waals surface area contributed by atoms with Crippen LogP contribution < -0.4 is 9.80 Å². The van der Waals surface area contributed by atoms with Gasteiger partial charge >= 0.3 is 0 Å². The van der Waals surface area contributed by atoms with Crippen molar-refractivity contribution >= 4 is 88.5 Å². The zero-order valence-corrected chi connectivity index (χ0v) is 71.3. The summed E-state index contributed by atoms with van der Waals surface area (Å²) in [7, 11) is 0. The number of benzene rings is 21. The summed E-state index contributed by atoms with van der Waals surface area (Å²) in [4.78, 5) is 4.90. The lowest BCUT2D eigenvalue weighted by Gasteiger charge is -2.35. The molecule has 0 unspecified atom stereocenters. The van der Waals surface area contributed by atoms with Crippen molar-refractivity contribution in [3.05, 3.63) is 554 Å². The van der Waals surface area contributed by atoms with Gasteiger partial charge in [0.15, 0.2) is 0 Å². The molecule has 4 nitrogen and oxygen atoms in total. The zero-order chi connectivity index (χ0) is 85.8. The first kappa shape index (κ1) is 75.6. The number of para-hydroxylation sites is 4. The molecule has 130 heavy (non-hydrogen) atoms. The molecule has 2 aliphatic rings.